The van der Waals surface area contributed by atoms with Crippen LogP contribution in [0.3, 0.4) is 0 Å². The summed E-state index contributed by atoms with van der Waals surface area (Å²) >= 11 is 1.87. The summed E-state index contributed by atoms with van der Waals surface area (Å²) in [6.45, 7) is 4.80. The van der Waals surface area contributed by atoms with Gasteiger partial charge in [0.2, 0.25) is 0 Å². The van der Waals surface area contributed by atoms with Gasteiger partial charge in [-0.25, -0.2) is 4.98 Å². The second-order valence-corrected chi connectivity index (χ2v) is 10.4. The van der Waals surface area contributed by atoms with Gasteiger partial charge in [0.1, 0.15) is 5.82 Å². The number of likely N-dealkylation sites (tertiary alicyclic amines) is 1. The van der Waals surface area contributed by atoms with Gasteiger partial charge < -0.3 is 15.0 Å². The first-order valence-corrected chi connectivity index (χ1v) is 13.0. The minimum atomic E-state index is -0.0548. The fourth-order valence-electron chi connectivity index (χ4n) is 4.78. The van der Waals surface area contributed by atoms with Gasteiger partial charge in [0, 0.05) is 43.3 Å². The van der Waals surface area contributed by atoms with Crippen molar-refractivity contribution in [3.63, 3.8) is 0 Å². The highest BCUT2D eigenvalue weighted by Crippen LogP contribution is 2.25. The highest BCUT2D eigenvalue weighted by molar-refractivity contribution is 7.99. The summed E-state index contributed by atoms with van der Waals surface area (Å²) in [7, 11) is 0. The Morgan fingerprint density at radius 2 is 1.97 bits per heavy atom. The van der Waals surface area contributed by atoms with E-state index in [0.717, 1.165) is 74.9 Å². The highest BCUT2D eigenvalue weighted by atomic mass is 32.2. The molecule has 2 N–H and O–H groups in total. The molecule has 0 radical (unpaired) electrons. The van der Waals surface area contributed by atoms with E-state index in [2.05, 4.69) is 45.5 Å². The second-order valence-electron chi connectivity index (χ2n) is 9.07. The first-order valence-electron chi connectivity index (χ1n) is 12.0. The van der Waals surface area contributed by atoms with E-state index >= 15 is 0 Å². The number of nitrogens with zero attached hydrogens (tertiary/aromatic N) is 2. The number of hydrogen-bond donors (Lipinski definition) is 2. The van der Waals surface area contributed by atoms with E-state index in [4.69, 9.17) is 9.72 Å². The van der Waals surface area contributed by atoms with Crippen LogP contribution in [-0.2, 0) is 17.0 Å². The molecule has 33 heavy (non-hydrogen) atoms. The fourth-order valence-corrected chi connectivity index (χ4v) is 5.84. The molecule has 1 atom stereocenters. The van der Waals surface area contributed by atoms with E-state index in [-0.39, 0.29) is 5.56 Å². The number of rotatable bonds is 7. The molecule has 174 valence electrons. The third-order valence-corrected chi connectivity index (χ3v) is 7.89. The number of nitrogens with one attached hydrogen (secondary N) is 2. The standard InChI is InChI=1S/C26H32N4O2S/c31-26-23-9-8-20(15-24(23)28-25(29-26)18-33-22-10-13-32-14-11-22)27-21-7-4-12-30(17-21)16-19-5-2-1-3-6-19/h1-3,5-6,8-9,15,21-22,27H,4,7,10-14,16-18H2,(H,28,29,31). The van der Waals surface area contributed by atoms with Crippen LogP contribution in [0.15, 0.2) is 53.3 Å². The molecule has 0 bridgehead atoms. The Kier molecular flexibility index (Phi) is 7.29. The normalized spacial score (nSPS) is 20.2. The average molecular weight is 465 g/mol. The second kappa shape index (κ2) is 10.7. The number of piperidine rings is 1. The fraction of sp³-hybridized carbons (Fsp3) is 0.462. The lowest BCUT2D eigenvalue weighted by molar-refractivity contribution is 0.1000. The van der Waals surface area contributed by atoms with Crippen molar-refractivity contribution in [2.75, 3.05) is 31.6 Å². The van der Waals surface area contributed by atoms with Gasteiger partial charge in [0.15, 0.2) is 0 Å². The van der Waals surface area contributed by atoms with Crippen molar-refractivity contribution in [1.82, 2.24) is 14.9 Å². The number of ether oxygens (including phenoxy) is 1. The van der Waals surface area contributed by atoms with Crippen LogP contribution >= 0.6 is 11.8 Å². The van der Waals surface area contributed by atoms with Gasteiger partial charge in [0.05, 0.1) is 16.7 Å². The molecule has 0 aliphatic carbocycles. The van der Waals surface area contributed by atoms with Crippen molar-refractivity contribution < 1.29 is 4.74 Å². The largest absolute Gasteiger partial charge is 0.381 e. The van der Waals surface area contributed by atoms with Crippen molar-refractivity contribution in [1.29, 1.82) is 0 Å². The summed E-state index contributed by atoms with van der Waals surface area (Å²) < 4.78 is 5.44. The quantitative estimate of drug-likeness (QED) is 0.540. The zero-order valence-electron chi connectivity index (χ0n) is 19.0. The number of hydrogen-bond acceptors (Lipinski definition) is 6. The van der Waals surface area contributed by atoms with Crippen molar-refractivity contribution in [2.24, 2.45) is 0 Å². The van der Waals surface area contributed by atoms with Crippen LogP contribution in [0, 0.1) is 0 Å². The van der Waals surface area contributed by atoms with Gasteiger partial charge in [-0.1, -0.05) is 30.3 Å². The lowest BCUT2D eigenvalue weighted by Crippen LogP contribution is -2.41. The maximum absolute atomic E-state index is 12.6. The molecule has 0 amide bonds. The van der Waals surface area contributed by atoms with Gasteiger partial charge in [-0.3, -0.25) is 9.69 Å². The van der Waals surface area contributed by atoms with Gasteiger partial charge in [-0.05, 0) is 56.0 Å². The van der Waals surface area contributed by atoms with Crippen molar-refractivity contribution in [3.8, 4) is 0 Å². The number of anilines is 1. The number of H-pyrrole nitrogens is 1. The van der Waals surface area contributed by atoms with Crippen molar-refractivity contribution in [3.05, 3.63) is 70.3 Å². The topological polar surface area (TPSA) is 70.2 Å². The number of aromatic amines is 1. The summed E-state index contributed by atoms with van der Waals surface area (Å²) in [5.41, 5.74) is 3.11. The Balaban J connectivity index is 1.24. The summed E-state index contributed by atoms with van der Waals surface area (Å²) in [6.07, 6.45) is 4.47. The molecule has 1 unspecified atom stereocenters. The van der Waals surface area contributed by atoms with Crippen LogP contribution < -0.4 is 10.9 Å². The molecule has 2 aliphatic rings. The average Bonchev–Trinajstić information content (AvgIpc) is 2.84. The molecule has 2 fully saturated rings. The first-order chi connectivity index (χ1) is 16.2. The van der Waals surface area contributed by atoms with Crippen LogP contribution in [0.25, 0.3) is 10.9 Å². The van der Waals surface area contributed by atoms with Gasteiger partial charge in [-0.15, -0.1) is 0 Å². The number of benzene rings is 2. The Labute approximate surface area is 199 Å². The number of aromatic nitrogens is 2. The maximum Gasteiger partial charge on any atom is 0.258 e. The van der Waals surface area contributed by atoms with Gasteiger partial charge >= 0.3 is 0 Å². The van der Waals surface area contributed by atoms with E-state index in [1.807, 2.05) is 30.0 Å². The number of fused-ring (bicyclic) bond motifs is 1. The number of thioether (sulfide) groups is 1. The zero-order chi connectivity index (χ0) is 22.5. The third-order valence-electron chi connectivity index (χ3n) is 6.50. The Bertz CT molecular complexity index is 1110. The molecule has 2 aliphatic heterocycles. The minimum Gasteiger partial charge on any atom is -0.381 e. The summed E-state index contributed by atoms with van der Waals surface area (Å²) in [6, 6.07) is 17.0. The predicted octanol–water partition coefficient (Wildman–Crippen LogP) is 4.41. The van der Waals surface area contributed by atoms with E-state index in [0.29, 0.717) is 16.7 Å². The molecular weight excluding hydrogens is 432 g/mol. The van der Waals surface area contributed by atoms with E-state index in [9.17, 15) is 4.79 Å². The smallest absolute Gasteiger partial charge is 0.258 e. The van der Waals surface area contributed by atoms with Gasteiger partial charge in [-0.2, -0.15) is 11.8 Å². The third kappa shape index (κ3) is 5.96. The molecular formula is C26H32N4O2S. The lowest BCUT2D eigenvalue weighted by Gasteiger charge is -2.33. The monoisotopic (exact) mass is 464 g/mol. The molecule has 6 nitrogen and oxygen atoms in total. The maximum atomic E-state index is 12.6. The van der Waals surface area contributed by atoms with E-state index in [1.165, 1.54) is 12.0 Å². The summed E-state index contributed by atoms with van der Waals surface area (Å²) in [5.74, 6) is 1.48. The zero-order valence-corrected chi connectivity index (χ0v) is 19.8. The van der Waals surface area contributed by atoms with Crippen molar-refractivity contribution >= 4 is 28.4 Å². The Morgan fingerprint density at radius 3 is 2.82 bits per heavy atom. The van der Waals surface area contributed by atoms with Crippen LogP contribution in [-0.4, -0.2) is 52.5 Å². The predicted molar refractivity (Wildman–Crippen MR) is 136 cm³/mol. The molecule has 3 aromatic rings. The van der Waals surface area contributed by atoms with Crippen LogP contribution in [0.1, 0.15) is 37.1 Å². The van der Waals surface area contributed by atoms with Crippen molar-refractivity contribution in [2.45, 2.75) is 49.3 Å². The highest BCUT2D eigenvalue weighted by Gasteiger charge is 2.20. The van der Waals surface area contributed by atoms with E-state index in [1.54, 1.807) is 0 Å². The first kappa shape index (κ1) is 22.4. The Morgan fingerprint density at radius 1 is 1.12 bits per heavy atom. The molecule has 7 heteroatoms. The van der Waals surface area contributed by atoms with E-state index < -0.39 is 0 Å². The molecule has 0 saturated carbocycles. The molecule has 1 aromatic heterocycles. The SMILES string of the molecule is O=c1[nH]c(CSC2CCOCC2)nc2cc(NC3CCCN(Cc4ccccc4)C3)ccc12. The summed E-state index contributed by atoms with van der Waals surface area (Å²) in [4.78, 5) is 22.9. The molecule has 0 spiro atoms. The Hall–Kier alpha value is -2.35. The summed E-state index contributed by atoms with van der Waals surface area (Å²) in [5, 5.41) is 4.93. The lowest BCUT2D eigenvalue weighted by atomic mass is 10.0. The molecule has 5 rings (SSSR count). The van der Waals surface area contributed by atoms with Crippen LogP contribution in [0.4, 0.5) is 5.69 Å². The van der Waals surface area contributed by atoms with Gasteiger partial charge in [0.25, 0.3) is 5.56 Å². The molecule has 2 saturated heterocycles. The van der Waals surface area contributed by atoms with Crippen LogP contribution in [0.2, 0.25) is 0 Å². The van der Waals surface area contributed by atoms with Crippen LogP contribution in [0.5, 0.6) is 0 Å². The minimum absolute atomic E-state index is 0.0548. The molecule has 3 heterocycles. The molecule has 2 aromatic carbocycles.